The molecule has 3 aromatic rings. The van der Waals surface area contributed by atoms with Gasteiger partial charge in [0.05, 0.1) is 33.3 Å². The van der Waals surface area contributed by atoms with Crippen molar-refractivity contribution in [1.82, 2.24) is 0 Å². The highest BCUT2D eigenvalue weighted by atomic mass is 35.5. The zero-order chi connectivity index (χ0) is 27.8. The van der Waals surface area contributed by atoms with Crippen LogP contribution in [0.25, 0.3) is 0 Å². The lowest BCUT2D eigenvalue weighted by Crippen LogP contribution is -2.39. The van der Waals surface area contributed by atoms with E-state index in [0.29, 0.717) is 51.2 Å². The molecule has 0 fully saturated rings. The molecule has 4 nitrogen and oxygen atoms in total. The highest BCUT2D eigenvalue weighted by molar-refractivity contribution is 7.98. The SMILES string of the molecule is Cc1cc(CSc2ccc(Cl)cc2)c(C)c(C2C(C#N)=C(N)N(c3cccc(Cl)c3Cl)C3=C2C(=O)CCC3)c1. The van der Waals surface area contributed by atoms with Crippen molar-refractivity contribution in [1.29, 1.82) is 5.26 Å². The van der Waals surface area contributed by atoms with Crippen LogP contribution in [0, 0.1) is 25.2 Å². The number of anilines is 1. The van der Waals surface area contributed by atoms with E-state index in [9.17, 15) is 10.1 Å². The minimum absolute atomic E-state index is 0.0302. The number of benzene rings is 3. The van der Waals surface area contributed by atoms with Gasteiger partial charge in [-0.3, -0.25) is 9.69 Å². The third kappa shape index (κ3) is 5.19. The Bertz CT molecular complexity index is 1590. The Hall–Kier alpha value is -2.88. The van der Waals surface area contributed by atoms with Crippen molar-refractivity contribution < 1.29 is 4.79 Å². The highest BCUT2D eigenvalue weighted by Crippen LogP contribution is 2.49. The van der Waals surface area contributed by atoms with Gasteiger partial charge in [-0.2, -0.15) is 5.26 Å². The summed E-state index contributed by atoms with van der Waals surface area (Å²) >= 11 is 20.7. The smallest absolute Gasteiger partial charge is 0.161 e. The molecule has 198 valence electrons. The minimum Gasteiger partial charge on any atom is -0.384 e. The Morgan fingerprint density at radius 2 is 1.82 bits per heavy atom. The first-order valence-corrected chi connectivity index (χ1v) is 14.7. The second-order valence-electron chi connectivity index (χ2n) is 9.77. The molecule has 0 spiro atoms. The maximum absolute atomic E-state index is 13.6. The molecule has 1 aliphatic heterocycles. The lowest BCUT2D eigenvalue weighted by Gasteiger charge is -2.40. The van der Waals surface area contributed by atoms with Gasteiger partial charge in [0, 0.05) is 33.4 Å². The molecule has 1 heterocycles. The van der Waals surface area contributed by atoms with Crippen LogP contribution in [0.4, 0.5) is 5.69 Å². The van der Waals surface area contributed by atoms with E-state index in [1.165, 1.54) is 0 Å². The summed E-state index contributed by atoms with van der Waals surface area (Å²) in [6.45, 7) is 4.10. The Morgan fingerprint density at radius 1 is 1.08 bits per heavy atom. The summed E-state index contributed by atoms with van der Waals surface area (Å²) in [5.74, 6) is 0.493. The van der Waals surface area contributed by atoms with Gasteiger partial charge < -0.3 is 5.73 Å². The van der Waals surface area contributed by atoms with Crippen molar-refractivity contribution in [2.24, 2.45) is 5.73 Å². The molecular weight excluding hydrogens is 569 g/mol. The van der Waals surface area contributed by atoms with Gasteiger partial charge in [0.25, 0.3) is 0 Å². The number of rotatable bonds is 5. The Morgan fingerprint density at radius 3 is 2.54 bits per heavy atom. The van der Waals surface area contributed by atoms with E-state index in [1.54, 1.807) is 28.8 Å². The van der Waals surface area contributed by atoms with Gasteiger partial charge in [0.2, 0.25) is 0 Å². The van der Waals surface area contributed by atoms with Gasteiger partial charge in [0.1, 0.15) is 5.82 Å². The molecule has 2 aliphatic rings. The first kappa shape index (κ1) is 27.7. The molecule has 8 heteroatoms. The number of nitriles is 1. The second kappa shape index (κ2) is 11.3. The largest absolute Gasteiger partial charge is 0.384 e. The van der Waals surface area contributed by atoms with Crippen LogP contribution in [0.2, 0.25) is 15.1 Å². The number of thioether (sulfide) groups is 1. The summed E-state index contributed by atoms with van der Waals surface area (Å²) in [6.07, 6.45) is 1.77. The van der Waals surface area contributed by atoms with Crippen molar-refractivity contribution in [3.63, 3.8) is 0 Å². The van der Waals surface area contributed by atoms with Gasteiger partial charge in [-0.15, -0.1) is 11.8 Å². The fourth-order valence-electron chi connectivity index (χ4n) is 5.44. The molecule has 0 bridgehead atoms. The van der Waals surface area contributed by atoms with Gasteiger partial charge in [-0.1, -0.05) is 58.6 Å². The fourth-order valence-corrected chi connectivity index (χ4v) is 6.90. The number of Topliss-reactive ketones (excluding diaryl/α,β-unsaturated/α-hetero) is 1. The van der Waals surface area contributed by atoms with Crippen molar-refractivity contribution in [2.45, 2.75) is 49.7 Å². The number of aryl methyl sites for hydroxylation is 1. The number of hydrogen-bond acceptors (Lipinski definition) is 5. The van der Waals surface area contributed by atoms with E-state index in [-0.39, 0.29) is 11.6 Å². The van der Waals surface area contributed by atoms with Crippen LogP contribution in [-0.4, -0.2) is 5.78 Å². The predicted molar refractivity (Wildman–Crippen MR) is 161 cm³/mol. The molecule has 5 rings (SSSR count). The molecule has 1 aliphatic carbocycles. The van der Waals surface area contributed by atoms with Crippen LogP contribution in [0.15, 0.2) is 82.2 Å². The first-order chi connectivity index (χ1) is 18.7. The number of halogens is 3. The molecule has 0 radical (unpaired) electrons. The maximum atomic E-state index is 13.6. The molecule has 0 amide bonds. The van der Waals surface area contributed by atoms with Gasteiger partial charge in [0.15, 0.2) is 5.78 Å². The molecule has 1 atom stereocenters. The summed E-state index contributed by atoms with van der Waals surface area (Å²) < 4.78 is 0. The number of ketones is 1. The first-order valence-electron chi connectivity index (χ1n) is 12.6. The summed E-state index contributed by atoms with van der Waals surface area (Å²) in [7, 11) is 0. The molecule has 39 heavy (non-hydrogen) atoms. The van der Waals surface area contributed by atoms with Gasteiger partial charge in [-0.05, 0) is 79.8 Å². The third-order valence-electron chi connectivity index (χ3n) is 7.30. The van der Waals surface area contributed by atoms with E-state index in [2.05, 4.69) is 25.1 Å². The fraction of sp³-hybridized carbons (Fsp3) is 0.226. The summed E-state index contributed by atoms with van der Waals surface area (Å²) in [5.41, 5.74) is 13.3. The van der Waals surface area contributed by atoms with Crippen LogP contribution < -0.4 is 10.6 Å². The van der Waals surface area contributed by atoms with Crippen molar-refractivity contribution in [3.8, 4) is 6.07 Å². The van der Waals surface area contributed by atoms with E-state index in [4.69, 9.17) is 40.5 Å². The Kier molecular flexibility index (Phi) is 8.03. The molecule has 0 saturated heterocycles. The molecule has 1 unspecified atom stereocenters. The monoisotopic (exact) mass is 593 g/mol. The van der Waals surface area contributed by atoms with Crippen molar-refractivity contribution >= 4 is 58.0 Å². The number of nitrogens with two attached hydrogens (primary N) is 1. The zero-order valence-corrected chi connectivity index (χ0v) is 24.6. The molecule has 2 N–H and O–H groups in total. The summed E-state index contributed by atoms with van der Waals surface area (Å²) in [6, 6.07) is 19.7. The lowest BCUT2D eigenvalue weighted by molar-refractivity contribution is -0.116. The van der Waals surface area contributed by atoms with E-state index < -0.39 is 5.92 Å². The highest BCUT2D eigenvalue weighted by Gasteiger charge is 2.41. The quantitative estimate of drug-likeness (QED) is 0.299. The third-order valence-corrected chi connectivity index (χ3v) is 9.43. The van der Waals surface area contributed by atoms with Crippen LogP contribution in [0.5, 0.6) is 0 Å². The number of nitrogens with zero attached hydrogens (tertiary/aromatic N) is 2. The topological polar surface area (TPSA) is 70.1 Å². The summed E-state index contributed by atoms with van der Waals surface area (Å²) in [4.78, 5) is 16.5. The van der Waals surface area contributed by atoms with Gasteiger partial charge >= 0.3 is 0 Å². The normalized spacial score (nSPS) is 17.4. The van der Waals surface area contributed by atoms with Crippen molar-refractivity contribution in [2.75, 3.05) is 4.90 Å². The molecule has 3 aromatic carbocycles. The van der Waals surface area contributed by atoms with Crippen molar-refractivity contribution in [3.05, 3.63) is 115 Å². The molecular formula is C31H26Cl3N3OS. The number of carbonyl (C=O) groups is 1. The zero-order valence-electron chi connectivity index (χ0n) is 21.5. The Balaban J connectivity index is 1.65. The van der Waals surface area contributed by atoms with E-state index >= 15 is 0 Å². The van der Waals surface area contributed by atoms with Gasteiger partial charge in [-0.25, -0.2) is 0 Å². The van der Waals surface area contributed by atoms with Crippen LogP contribution in [0.1, 0.15) is 47.4 Å². The van der Waals surface area contributed by atoms with E-state index in [1.807, 2.05) is 37.3 Å². The lowest BCUT2D eigenvalue weighted by atomic mass is 9.73. The van der Waals surface area contributed by atoms with Crippen LogP contribution in [-0.2, 0) is 10.5 Å². The molecule has 0 aromatic heterocycles. The minimum atomic E-state index is -0.550. The Labute approximate surface area is 248 Å². The standard InChI is InChI=1S/C31H26Cl3N3OS/c1-17-13-19(16-39-21-11-9-20(32)10-12-21)18(2)22(14-17)28-23(15-35)31(36)37(25-6-4-8-27(38)29(25)28)26-7-3-5-24(33)30(26)34/h3,5,7,9-14,28H,4,6,8,16,36H2,1-2H3. The van der Waals surface area contributed by atoms with Crippen LogP contribution >= 0.6 is 46.6 Å². The maximum Gasteiger partial charge on any atom is 0.161 e. The number of hydrogen-bond donors (Lipinski definition) is 1. The average molecular weight is 595 g/mol. The van der Waals surface area contributed by atoms with Crippen LogP contribution in [0.3, 0.4) is 0 Å². The second-order valence-corrected chi connectivity index (χ2v) is 12.0. The average Bonchev–Trinajstić information content (AvgIpc) is 2.91. The number of allylic oxidation sites excluding steroid dienone is 3. The molecule has 0 saturated carbocycles. The number of carbonyl (C=O) groups excluding carboxylic acids is 1. The summed E-state index contributed by atoms with van der Waals surface area (Å²) in [5, 5.41) is 11.9. The van der Waals surface area contributed by atoms with E-state index in [0.717, 1.165) is 38.6 Å². The predicted octanol–water partition coefficient (Wildman–Crippen LogP) is 8.86.